The number of ketones is 1. The maximum Gasteiger partial charge on any atom is 0.250 e. The van der Waals surface area contributed by atoms with E-state index in [0.29, 0.717) is 21.4 Å². The van der Waals surface area contributed by atoms with E-state index < -0.39 is 0 Å². The van der Waals surface area contributed by atoms with E-state index in [1.54, 1.807) is 24.3 Å². The van der Waals surface area contributed by atoms with Gasteiger partial charge in [0.05, 0.1) is 0 Å². The van der Waals surface area contributed by atoms with Gasteiger partial charge in [-0.25, -0.2) is 0 Å². The predicted octanol–water partition coefficient (Wildman–Crippen LogP) is 3.47. The van der Waals surface area contributed by atoms with E-state index in [2.05, 4.69) is 19.6 Å². The molecule has 0 saturated heterocycles. The lowest BCUT2D eigenvalue weighted by Gasteiger charge is -1.94. The Morgan fingerprint density at radius 1 is 1.25 bits per heavy atom. The highest BCUT2D eigenvalue weighted by Gasteiger charge is 2.29. The zero-order valence-electron chi connectivity index (χ0n) is 10.3. The van der Waals surface area contributed by atoms with Crippen LogP contribution in [0.3, 0.4) is 0 Å². The summed E-state index contributed by atoms with van der Waals surface area (Å²) < 4.78 is 4.03. The van der Waals surface area contributed by atoms with Crippen LogP contribution in [0, 0.1) is 0 Å². The van der Waals surface area contributed by atoms with Crippen LogP contribution in [0.25, 0.3) is 5.76 Å². The van der Waals surface area contributed by atoms with Gasteiger partial charge < -0.3 is 5.11 Å². The number of Topliss-reactive ketones (excluding diaryl/α,β-unsaturated/α-hetero) is 1. The molecule has 0 atom stereocenters. The van der Waals surface area contributed by atoms with E-state index in [0.717, 1.165) is 11.5 Å². The molecule has 2 aromatic rings. The third kappa shape index (κ3) is 2.12. The molecule has 1 aliphatic carbocycles. The van der Waals surface area contributed by atoms with Crippen molar-refractivity contribution in [2.24, 2.45) is 10.2 Å². The molecule has 1 N–H and O–H groups in total. The number of azo groups is 1. The fraction of sp³-hybridized carbons (Fsp3) is 0.0833. The second-order valence-corrected chi connectivity index (χ2v) is 5.34. The van der Waals surface area contributed by atoms with Crippen molar-refractivity contribution in [2.75, 3.05) is 6.26 Å². The zero-order valence-corrected chi connectivity index (χ0v) is 11.9. The number of benzene rings is 1. The van der Waals surface area contributed by atoms with Crippen LogP contribution in [0.15, 0.2) is 45.3 Å². The van der Waals surface area contributed by atoms with Crippen LogP contribution in [-0.4, -0.2) is 26.5 Å². The van der Waals surface area contributed by atoms with Crippen LogP contribution in [0.4, 0.5) is 5.13 Å². The van der Waals surface area contributed by atoms with Crippen molar-refractivity contribution in [1.82, 2.24) is 9.36 Å². The molecule has 0 fully saturated rings. The largest absolute Gasteiger partial charge is 0.505 e. The van der Waals surface area contributed by atoms with Crippen LogP contribution in [0.5, 0.6) is 0 Å². The molecule has 0 unspecified atom stereocenters. The fourth-order valence-electron chi connectivity index (χ4n) is 1.76. The van der Waals surface area contributed by atoms with E-state index in [9.17, 15) is 9.90 Å². The first-order valence-electron chi connectivity index (χ1n) is 5.57. The molecule has 20 heavy (non-hydrogen) atoms. The lowest BCUT2D eigenvalue weighted by Crippen LogP contribution is -1.95. The Morgan fingerprint density at radius 2 is 2.00 bits per heavy atom. The Balaban J connectivity index is 1.92. The third-order valence-corrected chi connectivity index (χ3v) is 3.94. The summed E-state index contributed by atoms with van der Waals surface area (Å²) in [5.41, 5.74) is 0.849. The lowest BCUT2D eigenvalue weighted by atomic mass is 10.1. The van der Waals surface area contributed by atoms with E-state index in [4.69, 9.17) is 0 Å². The number of nitrogens with zero attached hydrogens (tertiary/aromatic N) is 4. The number of hydrogen-bond donors (Lipinski definition) is 1. The average molecular weight is 304 g/mol. The van der Waals surface area contributed by atoms with Gasteiger partial charge >= 0.3 is 0 Å². The van der Waals surface area contributed by atoms with Crippen molar-refractivity contribution in [2.45, 2.75) is 5.16 Å². The number of fused-ring (bicyclic) bond motifs is 1. The Kier molecular flexibility index (Phi) is 3.33. The highest BCUT2D eigenvalue weighted by Crippen LogP contribution is 2.32. The normalized spacial score (nSPS) is 14.3. The molecule has 6 nitrogen and oxygen atoms in total. The van der Waals surface area contributed by atoms with Crippen molar-refractivity contribution in [3.05, 3.63) is 41.1 Å². The van der Waals surface area contributed by atoms with Crippen LogP contribution < -0.4 is 0 Å². The highest BCUT2D eigenvalue weighted by molar-refractivity contribution is 7.98. The number of carbonyl (C=O) groups is 1. The number of carbonyl (C=O) groups excluding carboxylic acids is 1. The number of rotatable bonds is 3. The van der Waals surface area contributed by atoms with Gasteiger partial charge in [-0.1, -0.05) is 36.0 Å². The minimum absolute atomic E-state index is 0.0629. The summed E-state index contributed by atoms with van der Waals surface area (Å²) >= 11 is 2.48. The molecule has 0 bridgehead atoms. The van der Waals surface area contributed by atoms with Gasteiger partial charge in [0.15, 0.2) is 11.5 Å². The molecule has 0 amide bonds. The summed E-state index contributed by atoms with van der Waals surface area (Å²) in [5, 5.41) is 18.6. The summed E-state index contributed by atoms with van der Waals surface area (Å²) in [4.78, 5) is 16.2. The summed E-state index contributed by atoms with van der Waals surface area (Å²) in [5.74, 6) is -0.486. The number of aromatic nitrogens is 2. The molecule has 0 saturated carbocycles. The molecule has 3 rings (SSSR count). The Morgan fingerprint density at radius 3 is 2.65 bits per heavy atom. The Labute approximate surface area is 122 Å². The smallest absolute Gasteiger partial charge is 0.250 e. The van der Waals surface area contributed by atoms with Gasteiger partial charge in [-0.2, -0.15) is 9.36 Å². The molecule has 1 heterocycles. The highest BCUT2D eigenvalue weighted by atomic mass is 32.2. The molecule has 0 radical (unpaired) electrons. The van der Waals surface area contributed by atoms with E-state index in [1.165, 1.54) is 11.8 Å². The molecule has 8 heteroatoms. The van der Waals surface area contributed by atoms with Crippen LogP contribution in [-0.2, 0) is 0 Å². The van der Waals surface area contributed by atoms with Crippen LogP contribution in [0.2, 0.25) is 0 Å². The standard InChI is InChI=1S/C12H8N4O2S2/c1-19-12-13-11(20-16-12)15-14-8-9(17)6-4-2-3-5-7(6)10(8)18/h2-5,17H,1H3/b15-14+. The molecule has 1 aromatic heterocycles. The number of thioether (sulfide) groups is 1. The van der Waals surface area contributed by atoms with Crippen LogP contribution >= 0.6 is 23.3 Å². The van der Waals surface area contributed by atoms with Crippen molar-refractivity contribution >= 4 is 40.0 Å². The monoisotopic (exact) mass is 304 g/mol. The fourth-order valence-corrected chi connectivity index (χ4v) is 2.81. The summed E-state index contributed by atoms with van der Waals surface area (Å²) in [6.45, 7) is 0. The molecular weight excluding hydrogens is 296 g/mol. The number of aliphatic hydroxyl groups is 1. The number of hydrogen-bond acceptors (Lipinski definition) is 8. The second-order valence-electron chi connectivity index (χ2n) is 3.84. The van der Waals surface area contributed by atoms with E-state index in [1.807, 2.05) is 6.26 Å². The SMILES string of the molecule is CSc1nsc(/N=N/C2=C(O)c3ccccc3C2=O)n1. The molecule has 0 aliphatic heterocycles. The summed E-state index contributed by atoms with van der Waals surface area (Å²) in [6, 6.07) is 6.80. The van der Waals surface area contributed by atoms with Crippen LogP contribution in [0.1, 0.15) is 15.9 Å². The minimum Gasteiger partial charge on any atom is -0.505 e. The van der Waals surface area contributed by atoms with Crippen molar-refractivity contribution in [1.29, 1.82) is 0 Å². The minimum atomic E-state index is -0.337. The Bertz CT molecular complexity index is 751. The first kappa shape index (κ1) is 12.9. The van der Waals surface area contributed by atoms with Gasteiger partial charge in [-0.3, -0.25) is 4.79 Å². The Hall–Kier alpha value is -2.06. The predicted molar refractivity (Wildman–Crippen MR) is 76.5 cm³/mol. The lowest BCUT2D eigenvalue weighted by molar-refractivity contribution is 0.103. The van der Waals surface area contributed by atoms with Gasteiger partial charge in [-0.15, -0.1) is 10.2 Å². The van der Waals surface area contributed by atoms with E-state index >= 15 is 0 Å². The van der Waals surface area contributed by atoms with Gasteiger partial charge in [0.2, 0.25) is 16.1 Å². The zero-order chi connectivity index (χ0) is 14.1. The van der Waals surface area contributed by atoms with Crippen molar-refractivity contribution in [3.8, 4) is 0 Å². The summed E-state index contributed by atoms with van der Waals surface area (Å²) in [7, 11) is 0. The van der Waals surface area contributed by atoms with Gasteiger partial charge in [0, 0.05) is 22.7 Å². The topological polar surface area (TPSA) is 87.8 Å². The molecule has 100 valence electrons. The van der Waals surface area contributed by atoms with E-state index in [-0.39, 0.29) is 17.2 Å². The third-order valence-electron chi connectivity index (χ3n) is 2.68. The molecule has 1 aromatic carbocycles. The van der Waals surface area contributed by atoms with Crippen molar-refractivity contribution in [3.63, 3.8) is 0 Å². The molecule has 1 aliphatic rings. The first-order valence-corrected chi connectivity index (χ1v) is 7.57. The molecule has 0 spiro atoms. The maximum absolute atomic E-state index is 12.1. The number of aliphatic hydroxyl groups excluding tert-OH is 1. The quantitative estimate of drug-likeness (QED) is 0.693. The summed E-state index contributed by atoms with van der Waals surface area (Å²) in [6.07, 6.45) is 1.86. The van der Waals surface area contributed by atoms with Crippen molar-refractivity contribution < 1.29 is 9.90 Å². The van der Waals surface area contributed by atoms with Gasteiger partial charge in [-0.05, 0) is 6.26 Å². The molecular formula is C12H8N4O2S2. The number of allylic oxidation sites excluding steroid dienone is 1. The van der Waals surface area contributed by atoms with Gasteiger partial charge in [0.1, 0.15) is 0 Å². The average Bonchev–Trinajstić information content (AvgIpc) is 3.03. The second kappa shape index (κ2) is 5.14. The first-order chi connectivity index (χ1) is 9.70. The van der Waals surface area contributed by atoms with Gasteiger partial charge in [0.25, 0.3) is 0 Å². The maximum atomic E-state index is 12.1.